The Morgan fingerprint density at radius 2 is 2.29 bits per heavy atom. The molecular weight excluding hydrogens is 180 g/mol. The normalized spacial score (nSPS) is 12.7. The van der Waals surface area contributed by atoms with E-state index in [4.69, 9.17) is 4.42 Å². The quantitative estimate of drug-likeness (QED) is 0.784. The average Bonchev–Trinajstić information content (AvgIpc) is 2.68. The van der Waals surface area contributed by atoms with E-state index in [1.54, 1.807) is 19.3 Å². The minimum atomic E-state index is -0.632. The summed E-state index contributed by atoms with van der Waals surface area (Å²) < 4.78 is 5.33. The van der Waals surface area contributed by atoms with Gasteiger partial charge in [-0.3, -0.25) is 4.98 Å². The zero-order chi connectivity index (χ0) is 9.97. The van der Waals surface area contributed by atoms with E-state index in [1.165, 1.54) is 6.20 Å². The first-order chi connectivity index (χ1) is 6.77. The van der Waals surface area contributed by atoms with E-state index in [1.807, 2.05) is 12.1 Å². The number of aliphatic hydroxyl groups is 1. The predicted molar refractivity (Wildman–Crippen MR) is 50.4 cm³/mol. The zero-order valence-electron chi connectivity index (χ0n) is 7.71. The fourth-order valence-electron chi connectivity index (χ4n) is 1.10. The summed E-state index contributed by atoms with van der Waals surface area (Å²) in [4.78, 5) is 7.99. The van der Waals surface area contributed by atoms with Gasteiger partial charge in [-0.05, 0) is 19.1 Å². The lowest BCUT2D eigenvalue weighted by Crippen LogP contribution is -1.85. The van der Waals surface area contributed by atoms with Crippen molar-refractivity contribution >= 4 is 0 Å². The summed E-state index contributed by atoms with van der Waals surface area (Å²) >= 11 is 0. The number of rotatable bonds is 2. The van der Waals surface area contributed by atoms with Crippen molar-refractivity contribution in [2.24, 2.45) is 0 Å². The van der Waals surface area contributed by atoms with Crippen LogP contribution in [0.5, 0.6) is 0 Å². The smallest absolute Gasteiger partial charge is 0.227 e. The van der Waals surface area contributed by atoms with Crippen LogP contribution in [0.1, 0.15) is 18.8 Å². The molecule has 0 aliphatic rings. The predicted octanol–water partition coefficient (Wildman–Crippen LogP) is 1.79. The second-order valence-electron chi connectivity index (χ2n) is 2.99. The van der Waals surface area contributed by atoms with Crippen LogP contribution in [0.15, 0.2) is 35.1 Å². The van der Waals surface area contributed by atoms with Gasteiger partial charge in [0.15, 0.2) is 5.76 Å². The molecule has 1 N–H and O–H groups in total. The van der Waals surface area contributed by atoms with Crippen molar-refractivity contribution in [1.29, 1.82) is 0 Å². The molecule has 1 unspecified atom stereocenters. The minimum absolute atomic E-state index is 0.462. The van der Waals surface area contributed by atoms with Crippen molar-refractivity contribution < 1.29 is 9.52 Å². The molecule has 2 aromatic heterocycles. The first kappa shape index (κ1) is 8.90. The lowest BCUT2D eigenvalue weighted by Gasteiger charge is -1.96. The summed E-state index contributed by atoms with van der Waals surface area (Å²) in [5.74, 6) is 0.942. The number of aromatic nitrogens is 2. The second kappa shape index (κ2) is 3.59. The lowest BCUT2D eigenvalue weighted by atomic mass is 10.3. The Hall–Kier alpha value is -1.68. The van der Waals surface area contributed by atoms with Crippen LogP contribution in [-0.2, 0) is 0 Å². The third kappa shape index (κ3) is 1.65. The van der Waals surface area contributed by atoms with Gasteiger partial charge in [0.2, 0.25) is 5.89 Å². The Morgan fingerprint density at radius 3 is 2.86 bits per heavy atom. The molecular formula is C10H10N2O2. The molecule has 4 nitrogen and oxygen atoms in total. The van der Waals surface area contributed by atoms with Crippen LogP contribution < -0.4 is 0 Å². The molecule has 0 saturated heterocycles. The van der Waals surface area contributed by atoms with Gasteiger partial charge in [-0.2, -0.15) is 0 Å². The molecule has 0 radical (unpaired) electrons. The molecule has 0 fully saturated rings. The van der Waals surface area contributed by atoms with Gasteiger partial charge in [0.25, 0.3) is 0 Å². The van der Waals surface area contributed by atoms with Crippen molar-refractivity contribution in [2.45, 2.75) is 13.0 Å². The number of oxazole rings is 1. The number of hydrogen-bond donors (Lipinski definition) is 1. The third-order valence-electron chi connectivity index (χ3n) is 1.84. The largest absolute Gasteiger partial charge is 0.438 e. The average molecular weight is 190 g/mol. The maximum absolute atomic E-state index is 9.23. The fraction of sp³-hybridized carbons (Fsp3) is 0.200. The van der Waals surface area contributed by atoms with E-state index in [0.717, 1.165) is 5.56 Å². The molecule has 0 amide bonds. The highest BCUT2D eigenvalue weighted by Gasteiger charge is 2.09. The van der Waals surface area contributed by atoms with Gasteiger partial charge in [0.05, 0.1) is 11.8 Å². The number of hydrogen-bond acceptors (Lipinski definition) is 4. The maximum Gasteiger partial charge on any atom is 0.227 e. The first-order valence-electron chi connectivity index (χ1n) is 4.31. The highest BCUT2D eigenvalue weighted by atomic mass is 16.4. The van der Waals surface area contributed by atoms with Crippen molar-refractivity contribution in [2.75, 3.05) is 0 Å². The summed E-state index contributed by atoms with van der Waals surface area (Å²) in [5, 5.41) is 9.23. The Bertz CT molecular complexity index is 409. The van der Waals surface area contributed by atoms with Crippen LogP contribution in [0.3, 0.4) is 0 Å². The molecule has 2 heterocycles. The summed E-state index contributed by atoms with van der Waals surface area (Å²) in [6.45, 7) is 1.63. The van der Waals surface area contributed by atoms with Gasteiger partial charge in [-0.15, -0.1) is 0 Å². The number of aliphatic hydroxyl groups excluding tert-OH is 1. The molecule has 0 saturated carbocycles. The van der Waals surface area contributed by atoms with Crippen molar-refractivity contribution in [1.82, 2.24) is 9.97 Å². The highest BCUT2D eigenvalue weighted by Crippen LogP contribution is 2.20. The molecule has 2 rings (SSSR count). The summed E-state index contributed by atoms with van der Waals surface area (Å²) in [5.41, 5.74) is 0.805. The molecule has 0 aromatic carbocycles. The van der Waals surface area contributed by atoms with Crippen molar-refractivity contribution in [3.05, 3.63) is 36.5 Å². The molecule has 72 valence electrons. The van der Waals surface area contributed by atoms with Gasteiger partial charge in [0.1, 0.15) is 6.10 Å². The topological polar surface area (TPSA) is 59.2 Å². The van der Waals surface area contributed by atoms with Gasteiger partial charge in [-0.25, -0.2) is 4.98 Å². The maximum atomic E-state index is 9.23. The minimum Gasteiger partial charge on any atom is -0.438 e. The molecule has 2 aromatic rings. The first-order valence-corrected chi connectivity index (χ1v) is 4.31. The highest BCUT2D eigenvalue weighted by molar-refractivity contribution is 5.50. The molecule has 0 aliphatic heterocycles. The lowest BCUT2D eigenvalue weighted by molar-refractivity contribution is 0.170. The van der Waals surface area contributed by atoms with E-state index in [2.05, 4.69) is 9.97 Å². The van der Waals surface area contributed by atoms with E-state index in [-0.39, 0.29) is 0 Å². The van der Waals surface area contributed by atoms with Crippen LogP contribution in [0.25, 0.3) is 11.5 Å². The zero-order valence-corrected chi connectivity index (χ0v) is 7.71. The van der Waals surface area contributed by atoms with Crippen LogP contribution >= 0.6 is 0 Å². The van der Waals surface area contributed by atoms with Crippen LogP contribution in [0.2, 0.25) is 0 Å². The van der Waals surface area contributed by atoms with Gasteiger partial charge in [-0.1, -0.05) is 0 Å². The van der Waals surface area contributed by atoms with Gasteiger partial charge >= 0.3 is 0 Å². The van der Waals surface area contributed by atoms with Crippen LogP contribution in [0, 0.1) is 0 Å². The van der Waals surface area contributed by atoms with Crippen molar-refractivity contribution in [3.63, 3.8) is 0 Å². The molecule has 1 atom stereocenters. The summed E-state index contributed by atoms with van der Waals surface area (Å²) in [6, 6.07) is 3.66. The number of nitrogens with zero attached hydrogens (tertiary/aromatic N) is 2. The van der Waals surface area contributed by atoms with E-state index >= 15 is 0 Å². The third-order valence-corrected chi connectivity index (χ3v) is 1.84. The Balaban J connectivity index is 2.34. The second-order valence-corrected chi connectivity index (χ2v) is 2.99. The van der Waals surface area contributed by atoms with Crippen LogP contribution in [0.4, 0.5) is 0 Å². The molecule has 0 spiro atoms. The fourth-order valence-corrected chi connectivity index (χ4v) is 1.10. The standard InChI is InChI=1S/C10H10N2O2/c1-7(13)9-6-12-10(14-9)8-3-2-4-11-5-8/h2-7,13H,1H3. The van der Waals surface area contributed by atoms with E-state index < -0.39 is 6.10 Å². The van der Waals surface area contributed by atoms with Crippen molar-refractivity contribution in [3.8, 4) is 11.5 Å². The van der Waals surface area contributed by atoms with E-state index in [9.17, 15) is 5.11 Å². The summed E-state index contributed by atoms with van der Waals surface area (Å²) in [7, 11) is 0. The molecule has 0 aliphatic carbocycles. The Kier molecular flexibility index (Phi) is 2.28. The molecule has 4 heteroatoms. The SMILES string of the molecule is CC(O)c1cnc(-c2cccnc2)o1. The van der Waals surface area contributed by atoms with Gasteiger partial charge in [0, 0.05) is 12.4 Å². The summed E-state index contributed by atoms with van der Waals surface area (Å²) in [6.07, 6.45) is 4.24. The van der Waals surface area contributed by atoms with Crippen LogP contribution in [-0.4, -0.2) is 15.1 Å². The Labute approximate surface area is 81.2 Å². The molecule has 14 heavy (non-hydrogen) atoms. The molecule has 0 bridgehead atoms. The Morgan fingerprint density at radius 1 is 1.43 bits per heavy atom. The monoisotopic (exact) mass is 190 g/mol. The number of pyridine rings is 1. The van der Waals surface area contributed by atoms with E-state index in [0.29, 0.717) is 11.7 Å². The van der Waals surface area contributed by atoms with Gasteiger partial charge < -0.3 is 9.52 Å².